The van der Waals surface area contributed by atoms with E-state index in [0.29, 0.717) is 19.6 Å². The van der Waals surface area contributed by atoms with E-state index >= 15 is 0 Å². The van der Waals surface area contributed by atoms with Crippen molar-refractivity contribution in [2.45, 2.75) is 51.9 Å². The molecule has 0 bridgehead atoms. The summed E-state index contributed by atoms with van der Waals surface area (Å²) in [4.78, 5) is 15.3. The molecule has 6 nitrogen and oxygen atoms in total. The van der Waals surface area contributed by atoms with Gasteiger partial charge in [0.1, 0.15) is 5.54 Å². The average Bonchev–Trinajstić information content (AvgIpc) is 2.67. The van der Waals surface area contributed by atoms with Crippen molar-refractivity contribution in [1.29, 1.82) is 0 Å². The molecule has 1 amide bonds. The molecule has 1 aromatic carbocycles. The number of benzene rings is 1. The second-order valence-electron chi connectivity index (χ2n) is 8.18. The van der Waals surface area contributed by atoms with Crippen molar-refractivity contribution in [1.82, 2.24) is 10.2 Å². The van der Waals surface area contributed by atoms with Gasteiger partial charge in [-0.25, -0.2) is 0 Å². The Hall–Kier alpha value is -0.890. The standard InChI is InChI=1S/C21H33N3O3.2ClH/c1-4-27-18-13-21(22,20(18,2)3)19(25)23-14-16-7-5-6-8-17(16)15-24-9-11-26-12-10-24;;/h5-8,18H,4,9-15,22H2,1-3H3,(H,23,25);2*1H. The predicted octanol–water partition coefficient (Wildman–Crippen LogP) is 2.51. The fourth-order valence-corrected chi connectivity index (χ4v) is 4.04. The Labute approximate surface area is 186 Å². The van der Waals surface area contributed by atoms with E-state index in [9.17, 15) is 4.79 Å². The molecule has 1 heterocycles. The van der Waals surface area contributed by atoms with Crippen molar-refractivity contribution in [2.75, 3.05) is 32.9 Å². The van der Waals surface area contributed by atoms with Crippen molar-refractivity contribution >= 4 is 30.7 Å². The quantitative estimate of drug-likeness (QED) is 0.671. The molecular formula is C21H35Cl2N3O3. The number of amides is 1. The first-order chi connectivity index (χ1) is 12.9. The maximum Gasteiger partial charge on any atom is 0.241 e. The van der Waals surface area contributed by atoms with Crippen LogP contribution in [0.1, 0.15) is 38.3 Å². The normalized spacial score (nSPS) is 25.9. The van der Waals surface area contributed by atoms with Gasteiger partial charge >= 0.3 is 0 Å². The number of carbonyl (C=O) groups is 1. The van der Waals surface area contributed by atoms with Gasteiger partial charge in [-0.05, 0) is 18.1 Å². The number of carbonyl (C=O) groups excluding carboxylic acids is 1. The van der Waals surface area contributed by atoms with E-state index < -0.39 is 5.54 Å². The molecule has 29 heavy (non-hydrogen) atoms. The molecule has 1 aliphatic carbocycles. The highest BCUT2D eigenvalue weighted by Crippen LogP contribution is 2.49. The lowest BCUT2D eigenvalue weighted by Crippen LogP contribution is -2.75. The molecule has 2 atom stereocenters. The number of nitrogens with zero attached hydrogens (tertiary/aromatic N) is 1. The summed E-state index contributed by atoms with van der Waals surface area (Å²) in [5, 5.41) is 3.07. The summed E-state index contributed by atoms with van der Waals surface area (Å²) in [6.45, 7) is 11.5. The maximum absolute atomic E-state index is 12.9. The molecule has 0 aromatic heterocycles. The Morgan fingerprint density at radius 2 is 1.86 bits per heavy atom. The summed E-state index contributed by atoms with van der Waals surface area (Å²) in [5.74, 6) is -0.0929. The van der Waals surface area contributed by atoms with Crippen molar-refractivity contribution in [3.05, 3.63) is 35.4 Å². The fraction of sp³-hybridized carbons (Fsp3) is 0.667. The molecule has 1 saturated heterocycles. The first kappa shape index (κ1) is 26.1. The molecule has 2 fully saturated rings. The van der Waals surface area contributed by atoms with Gasteiger partial charge < -0.3 is 20.5 Å². The fourth-order valence-electron chi connectivity index (χ4n) is 4.04. The number of hydrogen-bond donors (Lipinski definition) is 2. The molecule has 1 saturated carbocycles. The number of nitrogens with two attached hydrogens (primary N) is 1. The van der Waals surface area contributed by atoms with Gasteiger partial charge in [-0.1, -0.05) is 38.1 Å². The van der Waals surface area contributed by atoms with Gasteiger partial charge in [0.15, 0.2) is 0 Å². The highest BCUT2D eigenvalue weighted by Gasteiger charge is 2.62. The number of halogens is 2. The lowest BCUT2D eigenvalue weighted by Gasteiger charge is -2.57. The van der Waals surface area contributed by atoms with Crippen LogP contribution in [-0.2, 0) is 27.4 Å². The number of hydrogen-bond acceptors (Lipinski definition) is 5. The Balaban J connectivity index is 0.00000210. The second kappa shape index (κ2) is 10.9. The van der Waals surface area contributed by atoms with Crippen LogP contribution in [0.15, 0.2) is 24.3 Å². The Morgan fingerprint density at radius 1 is 1.24 bits per heavy atom. The minimum absolute atomic E-state index is 0. The largest absolute Gasteiger partial charge is 0.379 e. The van der Waals surface area contributed by atoms with E-state index in [1.54, 1.807) is 0 Å². The van der Waals surface area contributed by atoms with Gasteiger partial charge in [0.05, 0.1) is 19.3 Å². The molecule has 8 heteroatoms. The summed E-state index contributed by atoms with van der Waals surface area (Å²) < 4.78 is 11.2. The monoisotopic (exact) mass is 447 g/mol. The zero-order valence-electron chi connectivity index (χ0n) is 17.6. The van der Waals surface area contributed by atoms with Crippen molar-refractivity contribution in [3.8, 4) is 0 Å². The van der Waals surface area contributed by atoms with Crippen molar-refractivity contribution in [3.63, 3.8) is 0 Å². The lowest BCUT2D eigenvalue weighted by molar-refractivity contribution is -0.170. The first-order valence-corrected chi connectivity index (χ1v) is 9.94. The van der Waals surface area contributed by atoms with Crippen molar-refractivity contribution in [2.24, 2.45) is 11.1 Å². The van der Waals surface area contributed by atoms with Crippen LogP contribution in [0.2, 0.25) is 0 Å². The minimum atomic E-state index is -0.883. The zero-order chi connectivity index (χ0) is 19.5. The maximum atomic E-state index is 12.9. The number of ether oxygens (including phenoxy) is 2. The number of rotatable bonds is 7. The van der Waals surface area contributed by atoms with E-state index in [4.69, 9.17) is 15.2 Å². The number of morpholine rings is 1. The Morgan fingerprint density at radius 3 is 2.45 bits per heavy atom. The second-order valence-corrected chi connectivity index (χ2v) is 8.18. The molecule has 3 rings (SSSR count). The summed E-state index contributed by atoms with van der Waals surface area (Å²) in [7, 11) is 0. The van der Waals surface area contributed by atoms with Crippen LogP contribution in [0.3, 0.4) is 0 Å². The smallest absolute Gasteiger partial charge is 0.241 e. The van der Waals surface area contributed by atoms with Crippen LogP contribution in [-0.4, -0.2) is 55.4 Å². The first-order valence-electron chi connectivity index (χ1n) is 9.94. The molecule has 2 aliphatic rings. The molecule has 3 N–H and O–H groups in total. The van der Waals surface area contributed by atoms with Gasteiger partial charge in [0.25, 0.3) is 0 Å². The van der Waals surface area contributed by atoms with Crippen LogP contribution in [0.5, 0.6) is 0 Å². The topological polar surface area (TPSA) is 76.8 Å². The summed E-state index contributed by atoms with van der Waals surface area (Å²) in [5.41, 5.74) is 7.60. The van der Waals surface area contributed by atoms with Gasteiger partial charge in [0, 0.05) is 44.6 Å². The predicted molar refractivity (Wildman–Crippen MR) is 120 cm³/mol. The third-order valence-corrected chi connectivity index (χ3v) is 6.29. The zero-order valence-corrected chi connectivity index (χ0v) is 19.2. The van der Waals surface area contributed by atoms with Gasteiger partial charge in [-0.2, -0.15) is 0 Å². The highest BCUT2D eigenvalue weighted by molar-refractivity contribution is 5.88. The molecular weight excluding hydrogens is 413 g/mol. The Bertz CT molecular complexity index is 668. The van der Waals surface area contributed by atoms with E-state index in [1.165, 1.54) is 5.56 Å². The molecule has 1 aromatic rings. The van der Waals surface area contributed by atoms with Crippen LogP contribution in [0, 0.1) is 5.41 Å². The molecule has 0 spiro atoms. The number of nitrogens with one attached hydrogen (secondary N) is 1. The highest BCUT2D eigenvalue weighted by atomic mass is 35.5. The summed E-state index contributed by atoms with van der Waals surface area (Å²) in [6, 6.07) is 8.27. The summed E-state index contributed by atoms with van der Waals surface area (Å²) >= 11 is 0. The average molecular weight is 448 g/mol. The molecule has 166 valence electrons. The van der Waals surface area contributed by atoms with Crippen molar-refractivity contribution < 1.29 is 14.3 Å². The minimum Gasteiger partial charge on any atom is -0.379 e. The Kier molecular flexibility index (Phi) is 9.86. The third-order valence-electron chi connectivity index (χ3n) is 6.29. The van der Waals surface area contributed by atoms with E-state index in [0.717, 1.165) is 38.4 Å². The van der Waals surface area contributed by atoms with Crippen LogP contribution >= 0.6 is 24.8 Å². The van der Waals surface area contributed by atoms with E-state index in [2.05, 4.69) is 22.3 Å². The third kappa shape index (κ3) is 5.43. The van der Waals surface area contributed by atoms with E-state index in [1.807, 2.05) is 32.9 Å². The van der Waals surface area contributed by atoms with Gasteiger partial charge in [-0.15, -0.1) is 24.8 Å². The van der Waals surface area contributed by atoms with E-state index in [-0.39, 0.29) is 42.2 Å². The van der Waals surface area contributed by atoms with Crippen LogP contribution < -0.4 is 11.1 Å². The van der Waals surface area contributed by atoms with Crippen LogP contribution in [0.25, 0.3) is 0 Å². The van der Waals surface area contributed by atoms with Crippen LogP contribution in [0.4, 0.5) is 0 Å². The lowest BCUT2D eigenvalue weighted by atomic mass is 9.54. The molecule has 0 radical (unpaired) electrons. The summed E-state index contributed by atoms with van der Waals surface area (Å²) in [6.07, 6.45) is 0.599. The van der Waals surface area contributed by atoms with Gasteiger partial charge in [-0.3, -0.25) is 9.69 Å². The van der Waals surface area contributed by atoms with Gasteiger partial charge in [0.2, 0.25) is 5.91 Å². The SMILES string of the molecule is CCOC1CC(N)(C(=O)NCc2ccccc2CN2CCOCC2)C1(C)C.Cl.Cl. The molecule has 2 unspecified atom stereocenters. The molecule has 1 aliphatic heterocycles.